The lowest BCUT2D eigenvalue weighted by Gasteiger charge is -2.44. The first kappa shape index (κ1) is 28.2. The minimum atomic E-state index is -0.550. The molecule has 1 heterocycles. The van der Waals surface area contributed by atoms with E-state index < -0.39 is 5.41 Å². The second kappa shape index (κ2) is 12.4. The molecule has 5 atom stereocenters. The van der Waals surface area contributed by atoms with Crippen molar-refractivity contribution >= 4 is 17.5 Å². The first-order chi connectivity index (χ1) is 18.1. The lowest BCUT2D eigenvalue weighted by atomic mass is 9.63. The number of pyridine rings is 1. The number of benzene rings is 1. The van der Waals surface area contributed by atoms with Crippen molar-refractivity contribution < 1.29 is 14.0 Å². The maximum Gasteiger partial charge on any atom is 0.230 e. The summed E-state index contributed by atoms with van der Waals surface area (Å²) in [6.45, 7) is 6.82. The van der Waals surface area contributed by atoms with Gasteiger partial charge in [0.1, 0.15) is 5.82 Å². The van der Waals surface area contributed by atoms with Gasteiger partial charge in [-0.15, -0.1) is 0 Å². The number of amides is 2. The van der Waals surface area contributed by atoms with Crippen molar-refractivity contribution in [2.45, 2.75) is 84.1 Å². The molecule has 0 bridgehead atoms. The number of hydrogen-bond donors (Lipinski definition) is 3. The second-order valence-electron chi connectivity index (χ2n) is 12.2. The van der Waals surface area contributed by atoms with Crippen LogP contribution in [0.3, 0.4) is 0 Å². The molecular formula is C31H43FN4O2. The smallest absolute Gasteiger partial charge is 0.230 e. The van der Waals surface area contributed by atoms with Crippen LogP contribution in [0.1, 0.15) is 82.8 Å². The number of carbonyl (C=O) groups excluding carboxylic acids is 2. The number of nitrogens with one attached hydrogen (secondary N) is 2. The summed E-state index contributed by atoms with van der Waals surface area (Å²) in [5, 5.41) is 6.17. The van der Waals surface area contributed by atoms with Crippen LogP contribution in [0.2, 0.25) is 0 Å². The fourth-order valence-corrected chi connectivity index (χ4v) is 6.69. The lowest BCUT2D eigenvalue weighted by molar-refractivity contribution is -0.129. The summed E-state index contributed by atoms with van der Waals surface area (Å²) in [5.74, 6) is 0.297. The van der Waals surface area contributed by atoms with Crippen LogP contribution in [0.5, 0.6) is 0 Å². The summed E-state index contributed by atoms with van der Waals surface area (Å²) in [5.41, 5.74) is 8.79. The molecule has 2 aromatic rings. The van der Waals surface area contributed by atoms with Crippen LogP contribution < -0.4 is 16.4 Å². The molecule has 7 heteroatoms. The van der Waals surface area contributed by atoms with Gasteiger partial charge >= 0.3 is 0 Å². The Hall–Kier alpha value is -2.80. The van der Waals surface area contributed by atoms with Crippen LogP contribution in [-0.4, -0.2) is 29.4 Å². The number of hydrogen-bond acceptors (Lipinski definition) is 4. The van der Waals surface area contributed by atoms with E-state index in [1.807, 2.05) is 13.0 Å². The highest BCUT2D eigenvalue weighted by Crippen LogP contribution is 2.46. The fraction of sp³-hybridized carbons (Fsp3) is 0.581. The number of halogens is 1. The van der Waals surface area contributed by atoms with Crippen molar-refractivity contribution in [3.63, 3.8) is 0 Å². The topological polar surface area (TPSA) is 97.1 Å². The summed E-state index contributed by atoms with van der Waals surface area (Å²) in [4.78, 5) is 30.8. The highest BCUT2D eigenvalue weighted by molar-refractivity contribution is 5.95. The minimum absolute atomic E-state index is 0.00970. The van der Waals surface area contributed by atoms with Gasteiger partial charge in [-0.2, -0.15) is 0 Å². The number of carbonyl (C=O) groups is 2. The van der Waals surface area contributed by atoms with E-state index in [-0.39, 0.29) is 35.5 Å². The van der Waals surface area contributed by atoms with E-state index in [0.717, 1.165) is 55.3 Å². The molecule has 0 saturated heterocycles. The molecule has 1 aromatic heterocycles. The van der Waals surface area contributed by atoms with Crippen LogP contribution in [0, 0.1) is 29.0 Å². The minimum Gasteiger partial charge on any atom is -0.354 e. The molecule has 1 saturated carbocycles. The van der Waals surface area contributed by atoms with Crippen LogP contribution in [0.25, 0.3) is 0 Å². The fourth-order valence-electron chi connectivity index (χ4n) is 6.69. The van der Waals surface area contributed by atoms with Gasteiger partial charge in [-0.3, -0.25) is 14.6 Å². The van der Waals surface area contributed by atoms with Crippen LogP contribution in [-0.2, 0) is 16.0 Å². The predicted molar refractivity (Wildman–Crippen MR) is 149 cm³/mol. The molecule has 0 aliphatic heterocycles. The Morgan fingerprint density at radius 3 is 2.66 bits per heavy atom. The van der Waals surface area contributed by atoms with Crippen molar-refractivity contribution in [1.29, 1.82) is 0 Å². The van der Waals surface area contributed by atoms with E-state index in [0.29, 0.717) is 31.2 Å². The molecule has 2 amide bonds. The molecule has 2 aliphatic carbocycles. The second-order valence-corrected chi connectivity index (χ2v) is 12.2. The Morgan fingerprint density at radius 1 is 1.16 bits per heavy atom. The van der Waals surface area contributed by atoms with Crippen molar-refractivity contribution in [2.75, 3.05) is 11.9 Å². The largest absolute Gasteiger partial charge is 0.354 e. The number of aromatic nitrogens is 1. The number of rotatable bonds is 8. The maximum atomic E-state index is 14.0. The van der Waals surface area contributed by atoms with Crippen molar-refractivity contribution in [2.24, 2.45) is 28.9 Å². The van der Waals surface area contributed by atoms with Crippen LogP contribution >= 0.6 is 0 Å². The SMILES string of the molecule is CC(C)CC1CC(C(N)CNC(=O)C2CCCCc3ccc(F)cc32)CC(C)(C(=O)Nc2ccncc2)C1. The van der Waals surface area contributed by atoms with Gasteiger partial charge < -0.3 is 16.4 Å². The Kier molecular flexibility index (Phi) is 9.19. The quantitative estimate of drug-likeness (QED) is 0.394. The zero-order valence-electron chi connectivity index (χ0n) is 23.0. The number of nitrogens with two attached hydrogens (primary N) is 1. The average molecular weight is 523 g/mol. The van der Waals surface area contributed by atoms with Crippen LogP contribution in [0.4, 0.5) is 10.1 Å². The lowest BCUT2D eigenvalue weighted by Crippen LogP contribution is -2.49. The van der Waals surface area contributed by atoms with Gasteiger partial charge in [0.15, 0.2) is 0 Å². The van der Waals surface area contributed by atoms with Gasteiger partial charge in [0, 0.05) is 36.1 Å². The Morgan fingerprint density at radius 2 is 1.92 bits per heavy atom. The Labute approximate surface area is 226 Å². The highest BCUT2D eigenvalue weighted by Gasteiger charge is 2.44. The molecular weight excluding hydrogens is 479 g/mol. The monoisotopic (exact) mass is 522 g/mol. The standard InChI is InChI=1S/C31H43FN4O2/c1-20(2)14-21-15-23(18-31(3,17-21)30(38)36-25-10-12-34-13-11-25)28(33)19-35-29(37)26-7-5-4-6-22-8-9-24(32)16-27(22)26/h8-13,16,20-21,23,26,28H,4-7,14-15,17-19,33H2,1-3H3,(H,35,37)(H,34,36,38). The molecule has 5 unspecified atom stereocenters. The molecule has 206 valence electrons. The first-order valence-electron chi connectivity index (χ1n) is 14.2. The molecule has 0 radical (unpaired) electrons. The zero-order valence-corrected chi connectivity index (χ0v) is 23.0. The summed E-state index contributed by atoms with van der Waals surface area (Å²) in [7, 11) is 0. The van der Waals surface area contributed by atoms with E-state index in [9.17, 15) is 14.0 Å². The van der Waals surface area contributed by atoms with Gasteiger partial charge in [-0.05, 0) is 98.1 Å². The summed E-state index contributed by atoms with van der Waals surface area (Å²) >= 11 is 0. The third kappa shape index (κ3) is 6.99. The average Bonchev–Trinajstić information content (AvgIpc) is 3.09. The Balaban J connectivity index is 1.44. The molecule has 38 heavy (non-hydrogen) atoms. The molecule has 4 N–H and O–H groups in total. The van der Waals surface area contributed by atoms with E-state index >= 15 is 0 Å². The van der Waals surface area contributed by atoms with E-state index in [1.165, 1.54) is 12.1 Å². The molecule has 0 spiro atoms. The third-order valence-corrected chi connectivity index (χ3v) is 8.49. The number of aryl methyl sites for hydroxylation is 1. The van der Waals surface area contributed by atoms with Gasteiger partial charge in [0.2, 0.25) is 11.8 Å². The first-order valence-corrected chi connectivity index (χ1v) is 14.2. The molecule has 1 aromatic carbocycles. The van der Waals surface area contributed by atoms with E-state index in [4.69, 9.17) is 5.73 Å². The molecule has 4 rings (SSSR count). The molecule has 6 nitrogen and oxygen atoms in total. The van der Waals surface area contributed by atoms with Gasteiger partial charge in [-0.1, -0.05) is 33.3 Å². The predicted octanol–water partition coefficient (Wildman–Crippen LogP) is 5.58. The van der Waals surface area contributed by atoms with E-state index in [2.05, 4.69) is 29.5 Å². The summed E-state index contributed by atoms with van der Waals surface area (Å²) in [6, 6.07) is 8.15. The molecule has 2 aliphatic rings. The van der Waals surface area contributed by atoms with Gasteiger partial charge in [0.25, 0.3) is 0 Å². The number of nitrogens with zero attached hydrogens (tertiary/aromatic N) is 1. The normalized spacial score (nSPS) is 26.2. The summed E-state index contributed by atoms with van der Waals surface area (Å²) < 4.78 is 14.0. The molecule has 1 fully saturated rings. The van der Waals surface area contributed by atoms with Crippen molar-refractivity contribution in [3.05, 3.63) is 59.7 Å². The van der Waals surface area contributed by atoms with Crippen molar-refractivity contribution in [3.8, 4) is 0 Å². The number of fused-ring (bicyclic) bond motifs is 1. The summed E-state index contributed by atoms with van der Waals surface area (Å²) in [6.07, 6.45) is 10.3. The number of anilines is 1. The van der Waals surface area contributed by atoms with Crippen molar-refractivity contribution in [1.82, 2.24) is 10.3 Å². The highest BCUT2D eigenvalue weighted by atomic mass is 19.1. The van der Waals surface area contributed by atoms with E-state index in [1.54, 1.807) is 24.5 Å². The van der Waals surface area contributed by atoms with Gasteiger partial charge in [-0.25, -0.2) is 4.39 Å². The third-order valence-electron chi connectivity index (χ3n) is 8.49. The zero-order chi connectivity index (χ0) is 27.3. The van der Waals surface area contributed by atoms with Gasteiger partial charge in [0.05, 0.1) is 5.92 Å². The Bertz CT molecular complexity index is 1110. The maximum absolute atomic E-state index is 14.0. The van der Waals surface area contributed by atoms with Crippen LogP contribution in [0.15, 0.2) is 42.7 Å².